The summed E-state index contributed by atoms with van der Waals surface area (Å²) in [6.07, 6.45) is 1.52. The Hall–Kier alpha value is -2.05. The van der Waals surface area contributed by atoms with E-state index in [9.17, 15) is 9.90 Å². The Balaban J connectivity index is 2.17. The lowest BCUT2D eigenvalue weighted by atomic mass is 9.91. The first-order chi connectivity index (χ1) is 10.9. The highest BCUT2D eigenvalue weighted by Gasteiger charge is 2.36. The van der Waals surface area contributed by atoms with Crippen molar-refractivity contribution in [3.8, 4) is 11.5 Å². The normalized spacial score (nSPS) is 15.8. The number of aromatic amines is 1. The third kappa shape index (κ3) is 3.04. The summed E-state index contributed by atoms with van der Waals surface area (Å²) in [5.74, 6) is 1.57. The van der Waals surface area contributed by atoms with E-state index in [0.29, 0.717) is 22.8 Å². The first kappa shape index (κ1) is 15.8. The van der Waals surface area contributed by atoms with Gasteiger partial charge in [0.15, 0.2) is 0 Å². The molecule has 6 heteroatoms. The van der Waals surface area contributed by atoms with Gasteiger partial charge in [-0.05, 0) is 38.1 Å². The van der Waals surface area contributed by atoms with Gasteiger partial charge in [-0.15, -0.1) is 0 Å². The van der Waals surface area contributed by atoms with Crippen LogP contribution in [0.25, 0.3) is 5.76 Å². The van der Waals surface area contributed by atoms with E-state index in [1.165, 1.54) is 12.3 Å². The molecule has 0 radical (unpaired) electrons. The van der Waals surface area contributed by atoms with Crippen LogP contribution in [0.3, 0.4) is 0 Å². The lowest BCUT2D eigenvalue weighted by Crippen LogP contribution is -2.37. The molecule has 0 saturated heterocycles. The zero-order valence-corrected chi connectivity index (χ0v) is 14.3. The zero-order chi connectivity index (χ0) is 16.6. The number of aromatic nitrogens is 1. The molecule has 0 saturated carbocycles. The molecule has 23 heavy (non-hydrogen) atoms. The highest BCUT2D eigenvalue weighted by molar-refractivity contribution is 9.10. The number of aliphatic hydroxyl groups is 1. The number of fused-ring (bicyclic) bond motifs is 1. The minimum atomic E-state index is -0.716. The van der Waals surface area contributed by atoms with Crippen molar-refractivity contribution in [3.63, 3.8) is 0 Å². The fourth-order valence-corrected chi connectivity index (χ4v) is 2.89. The number of hydrogen-bond acceptors (Lipinski definition) is 4. The van der Waals surface area contributed by atoms with Crippen molar-refractivity contribution in [1.82, 2.24) is 4.98 Å². The van der Waals surface area contributed by atoms with Crippen LogP contribution in [0.15, 0.2) is 51.4 Å². The van der Waals surface area contributed by atoms with E-state index in [1.807, 2.05) is 32.0 Å². The molecule has 0 atom stereocenters. The van der Waals surface area contributed by atoms with E-state index in [1.54, 1.807) is 6.07 Å². The predicted octanol–water partition coefficient (Wildman–Crippen LogP) is 3.09. The van der Waals surface area contributed by atoms with Gasteiger partial charge in [-0.2, -0.15) is 0 Å². The summed E-state index contributed by atoms with van der Waals surface area (Å²) in [6, 6.07) is 8.61. The van der Waals surface area contributed by atoms with E-state index in [2.05, 4.69) is 20.9 Å². The van der Waals surface area contributed by atoms with Crippen molar-refractivity contribution >= 4 is 21.7 Å². The largest absolute Gasteiger partial charge is 0.482 e. The summed E-state index contributed by atoms with van der Waals surface area (Å²) in [4.78, 5) is 14.0. The quantitative estimate of drug-likeness (QED) is 0.861. The molecule has 1 aliphatic rings. The maximum atomic E-state index is 11.5. The lowest BCUT2D eigenvalue weighted by Gasteiger charge is -2.35. The topological polar surface area (TPSA) is 71.5 Å². The van der Waals surface area contributed by atoms with Gasteiger partial charge in [0.25, 0.3) is 5.56 Å². The van der Waals surface area contributed by atoms with Gasteiger partial charge in [0.1, 0.15) is 22.9 Å². The second kappa shape index (κ2) is 5.86. The fourth-order valence-electron chi connectivity index (χ4n) is 2.53. The molecule has 2 aromatic rings. The average molecular weight is 378 g/mol. The SMILES string of the molecule is CC1(C)Oc2ccc(Br)cc2C(Oc2cc[nH]c(=O)c2)=C1CO. The first-order valence-electron chi connectivity index (χ1n) is 7.11. The Kier molecular flexibility index (Phi) is 4.04. The predicted molar refractivity (Wildman–Crippen MR) is 90.5 cm³/mol. The zero-order valence-electron chi connectivity index (χ0n) is 12.7. The Morgan fingerprint density at radius 3 is 2.78 bits per heavy atom. The molecule has 2 heterocycles. The van der Waals surface area contributed by atoms with Crippen LogP contribution >= 0.6 is 15.9 Å². The Morgan fingerprint density at radius 1 is 1.30 bits per heavy atom. The lowest BCUT2D eigenvalue weighted by molar-refractivity contribution is 0.122. The molecule has 0 spiro atoms. The van der Waals surface area contributed by atoms with Crippen LogP contribution in [0.5, 0.6) is 11.5 Å². The summed E-state index contributed by atoms with van der Waals surface area (Å²) in [6.45, 7) is 3.52. The third-order valence-electron chi connectivity index (χ3n) is 3.68. The van der Waals surface area contributed by atoms with E-state index in [4.69, 9.17) is 9.47 Å². The smallest absolute Gasteiger partial charge is 0.251 e. The van der Waals surface area contributed by atoms with Gasteiger partial charge >= 0.3 is 0 Å². The molecule has 0 bridgehead atoms. The molecule has 0 aliphatic carbocycles. The van der Waals surface area contributed by atoms with E-state index in [-0.39, 0.29) is 12.2 Å². The number of halogens is 1. The number of H-pyrrole nitrogens is 1. The van der Waals surface area contributed by atoms with Crippen LogP contribution in [-0.2, 0) is 0 Å². The van der Waals surface area contributed by atoms with E-state index < -0.39 is 5.60 Å². The summed E-state index contributed by atoms with van der Waals surface area (Å²) < 4.78 is 12.8. The summed E-state index contributed by atoms with van der Waals surface area (Å²) in [5, 5.41) is 9.83. The Labute approximate surface area is 141 Å². The van der Waals surface area contributed by atoms with Crippen LogP contribution in [0, 0.1) is 0 Å². The number of aliphatic hydroxyl groups excluding tert-OH is 1. The number of ether oxygens (including phenoxy) is 2. The summed E-state index contributed by atoms with van der Waals surface area (Å²) in [7, 11) is 0. The molecular weight excluding hydrogens is 362 g/mol. The molecule has 0 fully saturated rings. The Morgan fingerprint density at radius 2 is 2.09 bits per heavy atom. The minimum Gasteiger partial charge on any atom is -0.482 e. The maximum Gasteiger partial charge on any atom is 0.251 e. The highest BCUT2D eigenvalue weighted by atomic mass is 79.9. The van der Waals surface area contributed by atoms with Gasteiger partial charge in [0.2, 0.25) is 0 Å². The van der Waals surface area contributed by atoms with E-state index >= 15 is 0 Å². The van der Waals surface area contributed by atoms with Gasteiger partial charge < -0.3 is 19.6 Å². The Bertz CT molecular complexity index is 838. The van der Waals surface area contributed by atoms with Crippen LogP contribution in [0.1, 0.15) is 19.4 Å². The molecule has 1 aromatic carbocycles. The maximum absolute atomic E-state index is 11.5. The standard InChI is InChI=1S/C17H16BrNO4/c1-17(2)13(9-20)16(22-11-5-6-19-15(21)8-11)12-7-10(18)3-4-14(12)23-17/h3-8,20H,9H2,1-2H3,(H,19,21). The van der Waals surface area contributed by atoms with Gasteiger partial charge in [-0.3, -0.25) is 4.79 Å². The van der Waals surface area contributed by atoms with Crippen LogP contribution in [0.4, 0.5) is 0 Å². The van der Waals surface area contributed by atoms with Gasteiger partial charge in [0.05, 0.1) is 12.2 Å². The molecule has 1 aliphatic heterocycles. The van der Waals surface area contributed by atoms with Crippen LogP contribution in [0.2, 0.25) is 0 Å². The highest BCUT2D eigenvalue weighted by Crippen LogP contribution is 2.42. The second-order valence-corrected chi connectivity index (χ2v) is 6.63. The second-order valence-electron chi connectivity index (χ2n) is 5.71. The van der Waals surface area contributed by atoms with Crippen molar-refractivity contribution in [1.29, 1.82) is 0 Å². The molecule has 0 amide bonds. The molecule has 120 valence electrons. The summed E-state index contributed by atoms with van der Waals surface area (Å²) >= 11 is 3.43. The number of pyridine rings is 1. The van der Waals surface area contributed by atoms with Crippen molar-refractivity contribution < 1.29 is 14.6 Å². The molecule has 5 nitrogen and oxygen atoms in total. The van der Waals surface area contributed by atoms with Gasteiger partial charge in [-0.25, -0.2) is 0 Å². The monoisotopic (exact) mass is 377 g/mol. The van der Waals surface area contributed by atoms with Crippen molar-refractivity contribution in [2.24, 2.45) is 0 Å². The van der Waals surface area contributed by atoms with Crippen molar-refractivity contribution in [2.75, 3.05) is 6.61 Å². The van der Waals surface area contributed by atoms with Crippen LogP contribution in [-0.4, -0.2) is 22.3 Å². The molecule has 2 N–H and O–H groups in total. The minimum absolute atomic E-state index is 0.211. The third-order valence-corrected chi connectivity index (χ3v) is 4.17. The number of rotatable bonds is 3. The average Bonchev–Trinajstić information content (AvgIpc) is 2.48. The number of benzene rings is 1. The van der Waals surface area contributed by atoms with Gasteiger partial charge in [-0.1, -0.05) is 15.9 Å². The number of hydrogen-bond donors (Lipinski definition) is 2. The van der Waals surface area contributed by atoms with Crippen molar-refractivity contribution in [2.45, 2.75) is 19.4 Å². The first-order valence-corrected chi connectivity index (χ1v) is 7.90. The van der Waals surface area contributed by atoms with E-state index in [0.717, 1.165) is 10.0 Å². The van der Waals surface area contributed by atoms with Crippen molar-refractivity contribution in [3.05, 3.63) is 62.5 Å². The van der Waals surface area contributed by atoms with Crippen LogP contribution < -0.4 is 15.0 Å². The summed E-state index contributed by atoms with van der Waals surface area (Å²) in [5.41, 5.74) is 0.368. The molecular formula is C17H16BrNO4. The fraction of sp³-hybridized carbons (Fsp3) is 0.235. The number of nitrogens with one attached hydrogen (secondary N) is 1. The molecule has 0 unspecified atom stereocenters. The molecule has 1 aromatic heterocycles. The molecule has 3 rings (SSSR count). The van der Waals surface area contributed by atoms with Gasteiger partial charge in [0, 0.05) is 22.3 Å².